The van der Waals surface area contributed by atoms with E-state index in [9.17, 15) is 9.59 Å². The van der Waals surface area contributed by atoms with E-state index in [1.165, 1.54) is 6.07 Å². The molecule has 5 nitrogen and oxygen atoms in total. The van der Waals surface area contributed by atoms with Gasteiger partial charge >= 0.3 is 5.63 Å². The van der Waals surface area contributed by atoms with Crippen LogP contribution in [0.15, 0.2) is 63.8 Å². The highest BCUT2D eigenvalue weighted by Gasteiger charge is 2.25. The van der Waals surface area contributed by atoms with Gasteiger partial charge < -0.3 is 14.1 Å². The van der Waals surface area contributed by atoms with E-state index in [0.29, 0.717) is 17.3 Å². The fraction of sp³-hybridized carbons (Fsp3) is 0.333. The molecule has 29 heavy (non-hydrogen) atoms. The lowest BCUT2D eigenvalue weighted by Gasteiger charge is -2.32. The number of amides is 1. The smallest absolute Gasteiger partial charge is 0.336 e. The number of ether oxygens (including phenoxy) is 1. The van der Waals surface area contributed by atoms with Gasteiger partial charge in [-0.05, 0) is 48.9 Å². The first kappa shape index (κ1) is 19.2. The Morgan fingerprint density at radius 1 is 1.10 bits per heavy atom. The number of carbonyl (C=O) groups excluding carboxylic acids is 1. The number of fused-ring (bicyclic) bond motifs is 1. The number of piperidine rings is 1. The Hall–Kier alpha value is -3.08. The second kappa shape index (κ2) is 8.11. The molecule has 0 spiro atoms. The lowest BCUT2D eigenvalue weighted by atomic mass is 9.99. The summed E-state index contributed by atoms with van der Waals surface area (Å²) in [6.07, 6.45) is 1.47. The second-order valence-corrected chi connectivity index (χ2v) is 7.77. The van der Waals surface area contributed by atoms with Crippen LogP contribution in [0, 0.1) is 5.92 Å². The minimum Gasteiger partial charge on any atom is -0.481 e. The molecule has 1 unspecified atom stereocenters. The van der Waals surface area contributed by atoms with Crippen LogP contribution in [0.5, 0.6) is 5.75 Å². The first-order valence-corrected chi connectivity index (χ1v) is 10.1. The molecule has 1 atom stereocenters. The van der Waals surface area contributed by atoms with Crippen molar-refractivity contribution < 1.29 is 13.9 Å². The molecule has 150 valence electrons. The van der Waals surface area contributed by atoms with E-state index in [0.717, 1.165) is 42.4 Å². The van der Waals surface area contributed by atoms with Crippen molar-refractivity contribution in [1.82, 2.24) is 4.90 Å². The zero-order chi connectivity index (χ0) is 20.4. The highest BCUT2D eigenvalue weighted by Crippen LogP contribution is 2.30. The maximum Gasteiger partial charge on any atom is 0.336 e. The van der Waals surface area contributed by atoms with Crippen molar-refractivity contribution >= 4 is 16.9 Å². The molecule has 2 heterocycles. The van der Waals surface area contributed by atoms with E-state index >= 15 is 0 Å². The van der Waals surface area contributed by atoms with Gasteiger partial charge in [0.2, 0.25) is 0 Å². The molecule has 1 aliphatic heterocycles. The van der Waals surface area contributed by atoms with Gasteiger partial charge in [0.1, 0.15) is 11.3 Å². The number of nitrogens with zero attached hydrogens (tertiary/aromatic N) is 1. The van der Waals surface area contributed by atoms with Crippen LogP contribution in [0.25, 0.3) is 22.1 Å². The molecule has 4 rings (SSSR count). The third-order valence-electron chi connectivity index (χ3n) is 5.56. The topological polar surface area (TPSA) is 59.8 Å². The molecule has 1 fully saturated rings. The zero-order valence-corrected chi connectivity index (χ0v) is 16.8. The summed E-state index contributed by atoms with van der Waals surface area (Å²) in [4.78, 5) is 26.7. The van der Waals surface area contributed by atoms with Gasteiger partial charge in [-0.15, -0.1) is 0 Å². The van der Waals surface area contributed by atoms with Gasteiger partial charge in [-0.1, -0.05) is 37.3 Å². The lowest BCUT2D eigenvalue weighted by Crippen LogP contribution is -2.44. The Kier molecular flexibility index (Phi) is 5.38. The van der Waals surface area contributed by atoms with Crippen molar-refractivity contribution in [3.8, 4) is 16.9 Å². The SMILES string of the molecule is CC1CCN(C(=O)C(C)Oc2ccc3c(-c4ccccc4)cc(=O)oc3c2)CC1. The van der Waals surface area contributed by atoms with Crippen LogP contribution in [-0.2, 0) is 4.79 Å². The lowest BCUT2D eigenvalue weighted by molar-refractivity contribution is -0.139. The van der Waals surface area contributed by atoms with Gasteiger partial charge in [-0.3, -0.25) is 4.79 Å². The van der Waals surface area contributed by atoms with E-state index in [4.69, 9.17) is 9.15 Å². The molecular formula is C24H25NO4. The van der Waals surface area contributed by atoms with Crippen LogP contribution < -0.4 is 10.4 Å². The summed E-state index contributed by atoms with van der Waals surface area (Å²) in [6.45, 7) is 5.54. The predicted octanol–water partition coefficient (Wildman–Crippen LogP) is 4.49. The van der Waals surface area contributed by atoms with Crippen LogP contribution in [0.1, 0.15) is 26.7 Å². The van der Waals surface area contributed by atoms with Gasteiger partial charge in [0.15, 0.2) is 6.10 Å². The van der Waals surface area contributed by atoms with Crippen molar-refractivity contribution in [3.63, 3.8) is 0 Å². The average molecular weight is 391 g/mol. The summed E-state index contributed by atoms with van der Waals surface area (Å²) in [5.41, 5.74) is 1.79. The quantitative estimate of drug-likeness (QED) is 0.615. The number of hydrogen-bond acceptors (Lipinski definition) is 4. The van der Waals surface area contributed by atoms with Crippen LogP contribution in [0.2, 0.25) is 0 Å². The minimum absolute atomic E-state index is 0.00325. The molecular weight excluding hydrogens is 366 g/mol. The highest BCUT2D eigenvalue weighted by molar-refractivity contribution is 5.93. The van der Waals surface area contributed by atoms with Crippen molar-refractivity contribution in [2.75, 3.05) is 13.1 Å². The molecule has 0 bridgehead atoms. The fourth-order valence-electron chi connectivity index (χ4n) is 3.81. The van der Waals surface area contributed by atoms with E-state index < -0.39 is 11.7 Å². The predicted molar refractivity (Wildman–Crippen MR) is 113 cm³/mol. The van der Waals surface area contributed by atoms with Gasteiger partial charge in [-0.2, -0.15) is 0 Å². The summed E-state index contributed by atoms with van der Waals surface area (Å²) in [7, 11) is 0. The van der Waals surface area contributed by atoms with Crippen LogP contribution in [0.4, 0.5) is 0 Å². The van der Waals surface area contributed by atoms with Crippen molar-refractivity contribution in [2.45, 2.75) is 32.8 Å². The van der Waals surface area contributed by atoms with Crippen LogP contribution in [0.3, 0.4) is 0 Å². The van der Waals surface area contributed by atoms with E-state index in [-0.39, 0.29) is 5.91 Å². The minimum atomic E-state index is -0.593. The van der Waals surface area contributed by atoms with E-state index in [1.807, 2.05) is 47.4 Å². The Morgan fingerprint density at radius 2 is 1.83 bits per heavy atom. The number of rotatable bonds is 4. The van der Waals surface area contributed by atoms with Gasteiger partial charge in [0, 0.05) is 30.6 Å². The maximum absolute atomic E-state index is 12.7. The molecule has 0 saturated carbocycles. The summed E-state index contributed by atoms with van der Waals surface area (Å²) in [5.74, 6) is 1.17. The summed E-state index contributed by atoms with van der Waals surface area (Å²) in [5, 5.41) is 0.826. The average Bonchev–Trinajstić information content (AvgIpc) is 2.73. The van der Waals surface area contributed by atoms with E-state index in [1.54, 1.807) is 13.0 Å². The summed E-state index contributed by atoms with van der Waals surface area (Å²) < 4.78 is 11.3. The van der Waals surface area contributed by atoms with Crippen molar-refractivity contribution in [1.29, 1.82) is 0 Å². The molecule has 1 amide bonds. The molecule has 2 aromatic carbocycles. The Labute approximate surface area is 169 Å². The fourth-order valence-corrected chi connectivity index (χ4v) is 3.81. The van der Waals surface area contributed by atoms with Crippen LogP contribution >= 0.6 is 0 Å². The standard InChI is InChI=1S/C24H25NO4/c1-16-10-12-25(13-11-16)24(27)17(2)28-19-8-9-20-21(18-6-4-3-5-7-18)15-23(26)29-22(20)14-19/h3-9,14-17H,10-13H2,1-2H3. The largest absolute Gasteiger partial charge is 0.481 e. The normalized spacial score (nSPS) is 16.0. The highest BCUT2D eigenvalue weighted by atomic mass is 16.5. The number of likely N-dealkylation sites (tertiary alicyclic amines) is 1. The Balaban J connectivity index is 1.58. The molecule has 1 aromatic heterocycles. The van der Waals surface area contributed by atoms with E-state index in [2.05, 4.69) is 6.92 Å². The van der Waals surface area contributed by atoms with Crippen LogP contribution in [-0.4, -0.2) is 30.0 Å². The Bertz CT molecular complexity index is 1070. The van der Waals surface area contributed by atoms with Gasteiger partial charge in [0.25, 0.3) is 5.91 Å². The van der Waals surface area contributed by atoms with Gasteiger partial charge in [0.05, 0.1) is 0 Å². The zero-order valence-electron chi connectivity index (χ0n) is 16.8. The molecule has 5 heteroatoms. The third kappa shape index (κ3) is 4.19. The van der Waals surface area contributed by atoms with Crippen molar-refractivity contribution in [2.24, 2.45) is 5.92 Å². The Morgan fingerprint density at radius 3 is 2.55 bits per heavy atom. The van der Waals surface area contributed by atoms with Crippen molar-refractivity contribution in [3.05, 3.63) is 65.0 Å². The summed E-state index contributed by atoms with van der Waals surface area (Å²) >= 11 is 0. The maximum atomic E-state index is 12.7. The van der Waals surface area contributed by atoms with Gasteiger partial charge in [-0.25, -0.2) is 4.79 Å². The molecule has 1 aliphatic rings. The number of hydrogen-bond donors (Lipinski definition) is 0. The molecule has 3 aromatic rings. The monoisotopic (exact) mass is 391 g/mol. The summed E-state index contributed by atoms with van der Waals surface area (Å²) in [6, 6.07) is 16.6. The first-order valence-electron chi connectivity index (χ1n) is 10.1. The first-order chi connectivity index (χ1) is 14.0. The number of carbonyl (C=O) groups is 1. The second-order valence-electron chi connectivity index (χ2n) is 7.77. The third-order valence-corrected chi connectivity index (χ3v) is 5.56. The molecule has 0 N–H and O–H groups in total. The number of benzene rings is 2. The molecule has 0 radical (unpaired) electrons. The molecule has 0 aliphatic carbocycles. The molecule has 1 saturated heterocycles.